The molecule has 0 radical (unpaired) electrons. The molecule has 2 aromatic rings. The third-order valence-electron chi connectivity index (χ3n) is 6.88. The smallest absolute Gasteiger partial charge is 0.261 e. The Labute approximate surface area is 170 Å². The van der Waals surface area contributed by atoms with Gasteiger partial charge < -0.3 is 9.64 Å². The van der Waals surface area contributed by atoms with Crippen molar-refractivity contribution in [2.24, 2.45) is 10.8 Å². The average Bonchev–Trinajstić information content (AvgIpc) is 3.21. The molecule has 29 heavy (non-hydrogen) atoms. The van der Waals surface area contributed by atoms with Crippen LogP contribution in [0.5, 0.6) is 5.75 Å². The van der Waals surface area contributed by atoms with Gasteiger partial charge in [0, 0.05) is 25.6 Å². The van der Waals surface area contributed by atoms with E-state index in [0.717, 1.165) is 51.0 Å². The molecular weight excluding hydrogens is 366 g/mol. The topological polar surface area (TPSA) is 64.4 Å². The van der Waals surface area contributed by atoms with Crippen LogP contribution in [0.2, 0.25) is 0 Å². The Kier molecular flexibility index (Phi) is 4.06. The summed E-state index contributed by atoms with van der Waals surface area (Å²) in [5.74, 6) is 1.46. The van der Waals surface area contributed by atoms with Crippen molar-refractivity contribution in [2.75, 3.05) is 13.2 Å². The largest absolute Gasteiger partial charge is 0.484 e. The van der Waals surface area contributed by atoms with E-state index in [4.69, 9.17) is 4.74 Å². The van der Waals surface area contributed by atoms with Crippen LogP contribution in [-0.2, 0) is 17.8 Å². The van der Waals surface area contributed by atoms with Crippen LogP contribution in [0.4, 0.5) is 0 Å². The fourth-order valence-electron chi connectivity index (χ4n) is 6.13. The summed E-state index contributed by atoms with van der Waals surface area (Å²) in [6.07, 6.45) is 5.12. The van der Waals surface area contributed by atoms with Gasteiger partial charge in [-0.3, -0.25) is 14.2 Å². The number of likely N-dealkylation sites (tertiary alicyclic amines) is 1. The van der Waals surface area contributed by atoms with Gasteiger partial charge >= 0.3 is 0 Å². The molecule has 2 atom stereocenters. The number of aryl methyl sites for hydroxylation is 1. The quantitative estimate of drug-likeness (QED) is 0.801. The molecule has 154 valence electrons. The number of nitrogens with zero attached hydrogens (tertiary/aromatic N) is 3. The highest BCUT2D eigenvalue weighted by Gasteiger charge is 2.50. The van der Waals surface area contributed by atoms with Gasteiger partial charge in [0.2, 0.25) is 0 Å². The predicted molar refractivity (Wildman–Crippen MR) is 111 cm³/mol. The number of rotatable bonds is 3. The summed E-state index contributed by atoms with van der Waals surface area (Å²) in [6, 6.07) is 5.67. The van der Waals surface area contributed by atoms with E-state index in [1.165, 1.54) is 0 Å². The molecule has 6 nitrogen and oxygen atoms in total. The fraction of sp³-hybridized carbons (Fsp3) is 0.609. The first kappa shape index (κ1) is 18.6. The molecule has 1 aromatic heterocycles. The van der Waals surface area contributed by atoms with Gasteiger partial charge in [0.15, 0.2) is 6.61 Å². The number of benzene rings is 1. The van der Waals surface area contributed by atoms with Crippen molar-refractivity contribution in [3.8, 4) is 5.75 Å². The molecule has 1 amide bonds. The maximum Gasteiger partial charge on any atom is 0.261 e. The molecule has 0 spiro atoms. The zero-order chi connectivity index (χ0) is 20.4. The normalized spacial score (nSPS) is 27.3. The molecule has 3 aliphatic rings. The summed E-state index contributed by atoms with van der Waals surface area (Å²) >= 11 is 0. The van der Waals surface area contributed by atoms with Crippen LogP contribution < -0.4 is 10.3 Å². The highest BCUT2D eigenvalue weighted by molar-refractivity contribution is 5.81. The number of amides is 1. The minimum Gasteiger partial charge on any atom is -0.484 e. The Bertz CT molecular complexity index is 1060. The third-order valence-corrected chi connectivity index (χ3v) is 6.88. The molecule has 6 heteroatoms. The van der Waals surface area contributed by atoms with E-state index < -0.39 is 0 Å². The van der Waals surface area contributed by atoms with Gasteiger partial charge in [-0.2, -0.15) is 0 Å². The minimum atomic E-state index is -0.0113. The summed E-state index contributed by atoms with van der Waals surface area (Å²) in [7, 11) is 0. The standard InChI is InChI=1S/C23H29N3O3/c1-22(2)10-15-11-23(3,13-22)14-26(15)20(27)12-29-16-6-7-18-17(9-16)21(28)25-8-4-5-19(25)24-18/h6-7,9,15H,4-5,8,10-14H2,1-3H3/t15-,23+/m1/s1. The van der Waals surface area contributed by atoms with Gasteiger partial charge in [-0.1, -0.05) is 20.8 Å². The van der Waals surface area contributed by atoms with Crippen LogP contribution in [0, 0.1) is 10.8 Å². The first-order valence-electron chi connectivity index (χ1n) is 10.7. The Morgan fingerprint density at radius 1 is 1.28 bits per heavy atom. The molecule has 1 aliphatic carbocycles. The second-order valence-electron chi connectivity index (χ2n) is 10.3. The lowest BCUT2D eigenvalue weighted by molar-refractivity contribution is -0.134. The molecular formula is C23H29N3O3. The molecule has 2 aliphatic heterocycles. The molecule has 1 saturated heterocycles. The van der Waals surface area contributed by atoms with E-state index >= 15 is 0 Å². The Morgan fingerprint density at radius 2 is 2.10 bits per heavy atom. The fourth-order valence-corrected chi connectivity index (χ4v) is 6.13. The van der Waals surface area contributed by atoms with Crippen molar-refractivity contribution in [3.05, 3.63) is 34.4 Å². The first-order chi connectivity index (χ1) is 13.7. The second kappa shape index (κ2) is 6.31. The van der Waals surface area contributed by atoms with Gasteiger partial charge in [0.05, 0.1) is 10.9 Å². The van der Waals surface area contributed by atoms with Gasteiger partial charge in [-0.25, -0.2) is 4.98 Å². The van der Waals surface area contributed by atoms with Crippen molar-refractivity contribution in [3.63, 3.8) is 0 Å². The number of hydrogen-bond donors (Lipinski definition) is 0. The van der Waals surface area contributed by atoms with Crippen LogP contribution in [0.3, 0.4) is 0 Å². The Morgan fingerprint density at radius 3 is 2.93 bits per heavy atom. The number of aromatic nitrogens is 2. The van der Waals surface area contributed by atoms with Gasteiger partial charge in [0.1, 0.15) is 11.6 Å². The van der Waals surface area contributed by atoms with E-state index in [1.807, 2.05) is 11.0 Å². The Balaban J connectivity index is 1.32. The molecule has 5 rings (SSSR count). The van der Waals surface area contributed by atoms with Gasteiger partial charge in [-0.15, -0.1) is 0 Å². The van der Waals surface area contributed by atoms with Crippen molar-refractivity contribution in [1.29, 1.82) is 0 Å². The first-order valence-corrected chi connectivity index (χ1v) is 10.7. The van der Waals surface area contributed by atoms with Crippen LogP contribution in [0.25, 0.3) is 10.9 Å². The van der Waals surface area contributed by atoms with Gasteiger partial charge in [-0.05, 0) is 54.7 Å². The van der Waals surface area contributed by atoms with Crippen LogP contribution in [0.15, 0.2) is 23.0 Å². The van der Waals surface area contributed by atoms with E-state index in [2.05, 4.69) is 25.8 Å². The number of carbonyl (C=O) groups excluding carboxylic acids is 1. The average molecular weight is 396 g/mol. The Hall–Kier alpha value is -2.37. The number of fused-ring (bicyclic) bond motifs is 4. The molecule has 2 bridgehead atoms. The summed E-state index contributed by atoms with van der Waals surface area (Å²) in [4.78, 5) is 32.3. The van der Waals surface area contributed by atoms with Crippen molar-refractivity contribution in [1.82, 2.24) is 14.5 Å². The van der Waals surface area contributed by atoms with Crippen molar-refractivity contribution >= 4 is 16.8 Å². The number of hydrogen-bond acceptors (Lipinski definition) is 4. The van der Waals surface area contributed by atoms with E-state index in [0.29, 0.717) is 22.7 Å². The zero-order valence-electron chi connectivity index (χ0n) is 17.5. The highest BCUT2D eigenvalue weighted by atomic mass is 16.5. The molecule has 1 aromatic carbocycles. The minimum absolute atomic E-state index is 0.0113. The van der Waals surface area contributed by atoms with Crippen LogP contribution >= 0.6 is 0 Å². The summed E-state index contributed by atoms with van der Waals surface area (Å²) < 4.78 is 7.58. The molecule has 2 fully saturated rings. The third kappa shape index (κ3) is 3.22. The molecule has 0 N–H and O–H groups in total. The maximum absolute atomic E-state index is 12.9. The molecule has 0 unspecified atom stereocenters. The zero-order valence-corrected chi connectivity index (χ0v) is 17.5. The lowest BCUT2D eigenvalue weighted by atomic mass is 9.65. The number of carbonyl (C=O) groups is 1. The van der Waals surface area contributed by atoms with E-state index in [1.54, 1.807) is 16.7 Å². The van der Waals surface area contributed by atoms with Crippen molar-refractivity contribution in [2.45, 2.75) is 65.5 Å². The number of ether oxygens (including phenoxy) is 1. The van der Waals surface area contributed by atoms with E-state index in [9.17, 15) is 9.59 Å². The highest BCUT2D eigenvalue weighted by Crippen LogP contribution is 2.52. The molecule has 1 saturated carbocycles. The summed E-state index contributed by atoms with van der Waals surface area (Å²) in [6.45, 7) is 8.47. The second-order valence-corrected chi connectivity index (χ2v) is 10.3. The SMILES string of the molecule is CC1(C)C[C@@H]2C[C@](C)(CN2C(=O)COc2ccc3nc4n(c(=O)c3c2)CCC4)C1. The molecule has 3 heterocycles. The van der Waals surface area contributed by atoms with Crippen LogP contribution in [-0.4, -0.2) is 39.6 Å². The van der Waals surface area contributed by atoms with Crippen LogP contribution in [0.1, 0.15) is 52.3 Å². The van der Waals surface area contributed by atoms with Crippen molar-refractivity contribution < 1.29 is 9.53 Å². The lowest BCUT2D eigenvalue weighted by Gasteiger charge is -2.39. The predicted octanol–water partition coefficient (Wildman–Crippen LogP) is 3.15. The maximum atomic E-state index is 12.9. The monoisotopic (exact) mass is 395 g/mol. The van der Waals surface area contributed by atoms with Gasteiger partial charge in [0.25, 0.3) is 11.5 Å². The summed E-state index contributed by atoms with van der Waals surface area (Å²) in [5, 5.41) is 0.562. The van der Waals surface area contributed by atoms with E-state index in [-0.39, 0.29) is 28.9 Å². The summed E-state index contributed by atoms with van der Waals surface area (Å²) in [5.41, 5.74) is 1.18. The lowest BCUT2D eigenvalue weighted by Crippen LogP contribution is -2.40.